The quantitative estimate of drug-likeness (QED) is 0.214. The number of ether oxygens (including phenoxy) is 1. The van der Waals surface area contributed by atoms with Crippen LogP contribution < -0.4 is 10.2 Å². The fourth-order valence-corrected chi connectivity index (χ4v) is 6.82. The molecular formula is C35H29BO3. The van der Waals surface area contributed by atoms with E-state index in [-0.39, 0.29) is 0 Å². The van der Waals surface area contributed by atoms with E-state index in [1.807, 2.05) is 0 Å². The number of rotatable bonds is 1. The summed E-state index contributed by atoms with van der Waals surface area (Å²) < 4.78 is 19.6. The molecule has 3 nitrogen and oxygen atoms in total. The second-order valence-corrected chi connectivity index (χ2v) is 11.9. The molecule has 4 heteroatoms. The summed E-state index contributed by atoms with van der Waals surface area (Å²) in [5.41, 5.74) is 7.03. The summed E-state index contributed by atoms with van der Waals surface area (Å²) in [6, 6.07) is 37.0. The molecule has 0 saturated carbocycles. The van der Waals surface area contributed by atoms with Gasteiger partial charge in [-0.1, -0.05) is 91.0 Å². The lowest BCUT2D eigenvalue weighted by Gasteiger charge is -2.40. The normalized spacial score (nSPS) is 18.8. The van der Waals surface area contributed by atoms with Crippen LogP contribution in [0.15, 0.2) is 103 Å². The second-order valence-electron chi connectivity index (χ2n) is 11.9. The van der Waals surface area contributed by atoms with Crippen LogP contribution in [-0.4, -0.2) is 18.3 Å². The van der Waals surface area contributed by atoms with Gasteiger partial charge in [-0.3, -0.25) is 0 Å². The molecule has 1 fully saturated rings. The number of para-hydroxylation sites is 2. The van der Waals surface area contributed by atoms with Gasteiger partial charge in [0.15, 0.2) is 0 Å². The molecule has 1 saturated heterocycles. The van der Waals surface area contributed by atoms with Crippen molar-refractivity contribution in [1.29, 1.82) is 0 Å². The van der Waals surface area contributed by atoms with Crippen LogP contribution in [0, 0.1) is 0 Å². The first-order valence-electron chi connectivity index (χ1n) is 13.7. The third kappa shape index (κ3) is 2.91. The maximum Gasteiger partial charge on any atom is 0.494 e. The Morgan fingerprint density at radius 2 is 1.15 bits per heavy atom. The molecule has 0 aromatic heterocycles. The van der Waals surface area contributed by atoms with Crippen LogP contribution in [0.2, 0.25) is 0 Å². The highest BCUT2D eigenvalue weighted by atomic mass is 16.7. The topological polar surface area (TPSA) is 27.7 Å². The van der Waals surface area contributed by atoms with E-state index < -0.39 is 23.7 Å². The molecule has 0 amide bonds. The van der Waals surface area contributed by atoms with Crippen molar-refractivity contribution in [3.05, 3.63) is 125 Å². The van der Waals surface area contributed by atoms with Gasteiger partial charge in [-0.15, -0.1) is 0 Å². The molecule has 8 rings (SSSR count). The Morgan fingerprint density at radius 3 is 1.85 bits per heavy atom. The lowest BCUT2D eigenvalue weighted by molar-refractivity contribution is 0.00578. The molecule has 1 aliphatic carbocycles. The first-order valence-corrected chi connectivity index (χ1v) is 13.7. The molecule has 1 spiro atoms. The van der Waals surface area contributed by atoms with Crippen LogP contribution >= 0.6 is 0 Å². The summed E-state index contributed by atoms with van der Waals surface area (Å²) >= 11 is 0. The molecule has 2 aliphatic heterocycles. The molecule has 5 aromatic rings. The van der Waals surface area contributed by atoms with Gasteiger partial charge >= 0.3 is 7.12 Å². The summed E-state index contributed by atoms with van der Waals surface area (Å²) in [5, 5.41) is 2.49. The Kier molecular flexibility index (Phi) is 4.51. The van der Waals surface area contributed by atoms with Crippen LogP contribution in [0.25, 0.3) is 21.9 Å². The van der Waals surface area contributed by atoms with Crippen molar-refractivity contribution in [3.8, 4) is 22.6 Å². The zero-order valence-electron chi connectivity index (χ0n) is 22.6. The third-order valence-corrected chi connectivity index (χ3v) is 9.37. The lowest BCUT2D eigenvalue weighted by atomic mass is 9.64. The van der Waals surface area contributed by atoms with Crippen LogP contribution in [0.4, 0.5) is 0 Å². The van der Waals surface area contributed by atoms with E-state index in [1.54, 1.807) is 0 Å². The summed E-state index contributed by atoms with van der Waals surface area (Å²) in [7, 11) is -0.442. The van der Waals surface area contributed by atoms with Crippen LogP contribution in [0.3, 0.4) is 0 Å². The molecule has 190 valence electrons. The molecule has 39 heavy (non-hydrogen) atoms. The molecule has 2 heterocycles. The molecule has 3 aliphatic rings. The number of hydrogen-bond acceptors (Lipinski definition) is 3. The standard InChI is InChI=1S/C35H29BO3/c1-33(2)34(3,4)39-36(38-33)23-18-20-25-26-19-17-22-11-5-6-12-24(22)32(26)35(29(25)21-23)27-13-7-9-15-30(27)37-31-16-10-8-14-28(31)35/h5-21H,1-4H3. The average Bonchev–Trinajstić information content (AvgIpc) is 3.35. The van der Waals surface area contributed by atoms with Crippen molar-refractivity contribution in [2.75, 3.05) is 0 Å². The van der Waals surface area contributed by atoms with Crippen LogP contribution in [0.5, 0.6) is 11.5 Å². The second kappa shape index (κ2) is 7.62. The average molecular weight is 508 g/mol. The van der Waals surface area contributed by atoms with Crippen molar-refractivity contribution in [2.24, 2.45) is 0 Å². The smallest absolute Gasteiger partial charge is 0.457 e. The maximum atomic E-state index is 6.54. The van der Waals surface area contributed by atoms with Gasteiger partial charge in [0, 0.05) is 11.1 Å². The van der Waals surface area contributed by atoms with Crippen molar-refractivity contribution >= 4 is 23.4 Å². The predicted octanol–water partition coefficient (Wildman–Crippen LogP) is 7.61. The van der Waals surface area contributed by atoms with E-state index in [0.29, 0.717) is 0 Å². The molecule has 0 N–H and O–H groups in total. The molecule has 5 aromatic carbocycles. The Hall–Kier alpha value is -3.86. The Morgan fingerprint density at radius 1 is 0.564 bits per heavy atom. The van der Waals surface area contributed by atoms with E-state index in [0.717, 1.165) is 28.1 Å². The van der Waals surface area contributed by atoms with Crippen molar-refractivity contribution in [2.45, 2.75) is 44.3 Å². The van der Waals surface area contributed by atoms with E-state index in [9.17, 15) is 0 Å². The maximum absolute atomic E-state index is 6.54. The van der Waals surface area contributed by atoms with Gasteiger partial charge in [-0.05, 0) is 78.3 Å². The van der Waals surface area contributed by atoms with Crippen LogP contribution in [-0.2, 0) is 14.7 Å². The highest BCUT2D eigenvalue weighted by Crippen LogP contribution is 2.63. The fourth-order valence-electron chi connectivity index (χ4n) is 6.82. The van der Waals surface area contributed by atoms with Gasteiger partial charge < -0.3 is 14.0 Å². The van der Waals surface area contributed by atoms with Crippen molar-refractivity contribution in [3.63, 3.8) is 0 Å². The monoisotopic (exact) mass is 508 g/mol. The van der Waals surface area contributed by atoms with Gasteiger partial charge in [0.05, 0.1) is 16.6 Å². The zero-order valence-corrected chi connectivity index (χ0v) is 22.6. The molecule has 0 radical (unpaired) electrons. The highest BCUT2D eigenvalue weighted by molar-refractivity contribution is 6.62. The largest absolute Gasteiger partial charge is 0.494 e. The lowest BCUT2D eigenvalue weighted by Crippen LogP contribution is -2.41. The van der Waals surface area contributed by atoms with E-state index in [4.69, 9.17) is 14.0 Å². The minimum Gasteiger partial charge on any atom is -0.457 e. The SMILES string of the molecule is CC1(C)OB(c2ccc3c(c2)C2(c4ccccc4Oc4ccccc42)c2c-3ccc3ccccc23)OC1(C)C. The van der Waals surface area contributed by atoms with Crippen molar-refractivity contribution < 1.29 is 14.0 Å². The third-order valence-electron chi connectivity index (χ3n) is 9.37. The molecule has 0 unspecified atom stereocenters. The summed E-state index contributed by atoms with van der Waals surface area (Å²) in [5.74, 6) is 1.79. The Bertz CT molecular complexity index is 1760. The zero-order chi connectivity index (χ0) is 26.6. The highest BCUT2D eigenvalue weighted by Gasteiger charge is 2.54. The molecule has 0 atom stereocenters. The van der Waals surface area contributed by atoms with E-state index >= 15 is 0 Å². The first-order chi connectivity index (χ1) is 18.8. The molecule has 0 bridgehead atoms. The van der Waals surface area contributed by atoms with Gasteiger partial charge in [-0.25, -0.2) is 0 Å². The number of fused-ring (bicyclic) bond motifs is 11. The molecular weight excluding hydrogens is 479 g/mol. The van der Waals surface area contributed by atoms with Gasteiger partial charge in [0.1, 0.15) is 11.5 Å². The minimum atomic E-state index is -0.545. The number of benzene rings is 5. The Balaban J connectivity index is 1.49. The van der Waals surface area contributed by atoms with Crippen LogP contribution in [0.1, 0.15) is 49.9 Å². The number of hydrogen-bond donors (Lipinski definition) is 0. The predicted molar refractivity (Wildman–Crippen MR) is 157 cm³/mol. The summed E-state index contributed by atoms with van der Waals surface area (Å²) in [6.07, 6.45) is 0. The Labute approximate surface area is 229 Å². The van der Waals surface area contributed by atoms with Gasteiger partial charge in [0.2, 0.25) is 0 Å². The van der Waals surface area contributed by atoms with Gasteiger partial charge in [0.25, 0.3) is 0 Å². The summed E-state index contributed by atoms with van der Waals surface area (Å²) in [4.78, 5) is 0. The summed E-state index contributed by atoms with van der Waals surface area (Å²) in [6.45, 7) is 8.42. The minimum absolute atomic E-state index is 0.411. The first kappa shape index (κ1) is 23.1. The van der Waals surface area contributed by atoms with E-state index in [1.165, 1.54) is 33.0 Å². The van der Waals surface area contributed by atoms with Crippen molar-refractivity contribution in [1.82, 2.24) is 0 Å². The van der Waals surface area contributed by atoms with Gasteiger partial charge in [-0.2, -0.15) is 0 Å². The van der Waals surface area contributed by atoms with E-state index in [2.05, 4.69) is 131 Å². The fraction of sp³-hybridized carbons (Fsp3) is 0.200.